The average molecular weight is 542 g/mol. The summed E-state index contributed by atoms with van der Waals surface area (Å²) in [5.41, 5.74) is 0.384. The highest BCUT2D eigenvalue weighted by molar-refractivity contribution is 7.92. The summed E-state index contributed by atoms with van der Waals surface area (Å²) in [4.78, 5) is 28.0. The van der Waals surface area contributed by atoms with Crippen LogP contribution in [0.4, 0.5) is 18.9 Å². The molecular weight excluding hydrogens is 507 g/mol. The zero-order valence-corrected chi connectivity index (χ0v) is 22.5. The van der Waals surface area contributed by atoms with E-state index in [1.54, 1.807) is 19.1 Å². The number of aryl methyl sites for hydroxylation is 1. The van der Waals surface area contributed by atoms with Gasteiger partial charge < -0.3 is 10.2 Å². The van der Waals surface area contributed by atoms with Crippen LogP contribution in [0.3, 0.4) is 0 Å². The van der Waals surface area contributed by atoms with E-state index in [1.807, 2.05) is 32.9 Å². The van der Waals surface area contributed by atoms with Crippen LogP contribution in [0.25, 0.3) is 0 Å². The van der Waals surface area contributed by atoms with E-state index in [0.717, 1.165) is 29.5 Å². The molecule has 7 nitrogen and oxygen atoms in total. The molecule has 0 bridgehead atoms. The predicted molar refractivity (Wildman–Crippen MR) is 137 cm³/mol. The Morgan fingerprint density at radius 3 is 2.16 bits per heavy atom. The van der Waals surface area contributed by atoms with Gasteiger partial charge >= 0.3 is 6.18 Å². The van der Waals surface area contributed by atoms with Crippen molar-refractivity contribution in [3.63, 3.8) is 0 Å². The number of hydrogen-bond acceptors (Lipinski definition) is 4. The van der Waals surface area contributed by atoms with Crippen LogP contribution >= 0.6 is 0 Å². The van der Waals surface area contributed by atoms with Crippen molar-refractivity contribution >= 4 is 27.5 Å². The minimum atomic E-state index is -4.69. The van der Waals surface area contributed by atoms with Crippen molar-refractivity contribution in [2.75, 3.05) is 17.1 Å². The lowest BCUT2D eigenvalue weighted by Gasteiger charge is -2.33. The lowest BCUT2D eigenvalue weighted by Crippen LogP contribution is -2.53. The third kappa shape index (κ3) is 8.48. The number of carbonyl (C=O) groups is 2. The first-order valence-electron chi connectivity index (χ1n) is 12.0. The maximum absolute atomic E-state index is 13.6. The molecule has 0 aliphatic rings. The zero-order valence-electron chi connectivity index (χ0n) is 21.7. The van der Waals surface area contributed by atoms with Gasteiger partial charge in [0.2, 0.25) is 21.8 Å². The molecule has 0 heterocycles. The second kappa shape index (κ2) is 12.4. The Kier molecular flexibility index (Phi) is 10.1. The van der Waals surface area contributed by atoms with E-state index >= 15 is 0 Å². The summed E-state index contributed by atoms with van der Waals surface area (Å²) in [6, 6.07) is 10.0. The quantitative estimate of drug-likeness (QED) is 0.454. The summed E-state index contributed by atoms with van der Waals surface area (Å²) in [7, 11) is -4.14. The number of halogens is 3. The number of carbonyl (C=O) groups excluding carboxylic acids is 2. The number of rotatable bonds is 11. The summed E-state index contributed by atoms with van der Waals surface area (Å²) in [5.74, 6) is -1.10. The molecule has 2 aromatic rings. The van der Waals surface area contributed by atoms with Crippen LogP contribution in [0.1, 0.15) is 50.3 Å². The fourth-order valence-electron chi connectivity index (χ4n) is 3.70. The van der Waals surface area contributed by atoms with Crippen molar-refractivity contribution in [2.45, 2.75) is 65.3 Å². The van der Waals surface area contributed by atoms with E-state index in [2.05, 4.69) is 5.32 Å². The molecule has 0 spiro atoms. The minimum absolute atomic E-state index is 0.0196. The van der Waals surface area contributed by atoms with E-state index in [4.69, 9.17) is 0 Å². The Morgan fingerprint density at radius 1 is 1.03 bits per heavy atom. The predicted octanol–water partition coefficient (Wildman–Crippen LogP) is 4.50. The standard InChI is InChI=1S/C26H34F3N3O4S/c1-6-19(4)30-25(34)23(7-2)31(16-20-13-11-18(3)12-14-20)24(33)17-32(37(5,35)36)22-10-8-9-21(15-22)26(27,28)29/h8-15,19,23H,6-7,16-17H2,1-5H3,(H,30,34)/t19-,23+/m1/s1. The number of hydrogen-bond donors (Lipinski definition) is 1. The van der Waals surface area contributed by atoms with Crippen LogP contribution in [0.5, 0.6) is 0 Å². The molecule has 2 aromatic carbocycles. The Hall–Kier alpha value is -3.08. The van der Waals surface area contributed by atoms with Gasteiger partial charge in [-0.2, -0.15) is 13.2 Å². The first kappa shape index (κ1) is 30.1. The highest BCUT2D eigenvalue weighted by Crippen LogP contribution is 2.32. The van der Waals surface area contributed by atoms with Crippen molar-refractivity contribution in [1.29, 1.82) is 0 Å². The maximum Gasteiger partial charge on any atom is 0.416 e. The van der Waals surface area contributed by atoms with Crippen LogP contribution in [0.15, 0.2) is 48.5 Å². The Bertz CT molecular complexity index is 1180. The van der Waals surface area contributed by atoms with Gasteiger partial charge in [-0.15, -0.1) is 0 Å². The van der Waals surface area contributed by atoms with E-state index in [9.17, 15) is 31.2 Å². The Morgan fingerprint density at radius 2 is 1.65 bits per heavy atom. The van der Waals surface area contributed by atoms with Crippen LogP contribution in [0.2, 0.25) is 0 Å². The van der Waals surface area contributed by atoms with Crippen molar-refractivity contribution in [2.24, 2.45) is 0 Å². The van der Waals surface area contributed by atoms with Gasteiger partial charge in [0.05, 0.1) is 17.5 Å². The van der Waals surface area contributed by atoms with Crippen LogP contribution < -0.4 is 9.62 Å². The monoisotopic (exact) mass is 541 g/mol. The third-order valence-electron chi connectivity index (χ3n) is 6.00. The molecule has 2 atom stereocenters. The molecule has 0 radical (unpaired) electrons. The maximum atomic E-state index is 13.6. The second-order valence-corrected chi connectivity index (χ2v) is 11.0. The molecule has 1 N–H and O–H groups in total. The third-order valence-corrected chi connectivity index (χ3v) is 7.14. The molecule has 2 rings (SSSR count). The molecule has 0 saturated carbocycles. The molecule has 0 saturated heterocycles. The van der Waals surface area contributed by atoms with E-state index < -0.39 is 40.3 Å². The van der Waals surface area contributed by atoms with Gasteiger partial charge in [-0.05, 0) is 50.5 Å². The fraction of sp³-hybridized carbons (Fsp3) is 0.462. The number of nitrogens with zero attached hydrogens (tertiary/aromatic N) is 2. The average Bonchev–Trinajstić information content (AvgIpc) is 2.82. The second-order valence-electron chi connectivity index (χ2n) is 9.07. The van der Waals surface area contributed by atoms with E-state index in [-0.39, 0.29) is 30.6 Å². The molecule has 11 heteroatoms. The summed E-state index contributed by atoms with van der Waals surface area (Å²) in [5, 5.41) is 2.86. The van der Waals surface area contributed by atoms with Crippen LogP contribution in [-0.4, -0.2) is 50.0 Å². The van der Waals surface area contributed by atoms with Gasteiger partial charge in [0.15, 0.2) is 0 Å². The van der Waals surface area contributed by atoms with E-state index in [1.165, 1.54) is 11.0 Å². The topological polar surface area (TPSA) is 86.8 Å². The lowest BCUT2D eigenvalue weighted by molar-refractivity contribution is -0.140. The lowest BCUT2D eigenvalue weighted by atomic mass is 10.1. The summed E-state index contributed by atoms with van der Waals surface area (Å²) in [6.07, 6.45) is -2.95. The summed E-state index contributed by atoms with van der Waals surface area (Å²) in [6.45, 7) is 6.62. The summed E-state index contributed by atoms with van der Waals surface area (Å²) >= 11 is 0. The Balaban J connectivity index is 2.48. The van der Waals surface area contributed by atoms with Gasteiger partial charge in [0.1, 0.15) is 12.6 Å². The first-order chi connectivity index (χ1) is 17.2. The SMILES string of the molecule is CC[C@@H](C)NC(=O)[C@H](CC)N(Cc1ccc(C)cc1)C(=O)CN(c1cccc(C(F)(F)F)c1)S(C)(=O)=O. The fourth-order valence-corrected chi connectivity index (χ4v) is 4.54. The highest BCUT2D eigenvalue weighted by Gasteiger charge is 2.34. The van der Waals surface area contributed by atoms with Gasteiger partial charge in [-0.3, -0.25) is 13.9 Å². The normalized spacial score (nSPS) is 13.5. The number of nitrogens with one attached hydrogen (secondary N) is 1. The highest BCUT2D eigenvalue weighted by atomic mass is 32.2. The molecule has 0 aliphatic heterocycles. The van der Waals surface area contributed by atoms with Crippen molar-refractivity contribution in [1.82, 2.24) is 10.2 Å². The minimum Gasteiger partial charge on any atom is -0.352 e. The van der Waals surface area contributed by atoms with Gasteiger partial charge in [-0.25, -0.2) is 8.42 Å². The molecular formula is C26H34F3N3O4S. The van der Waals surface area contributed by atoms with Gasteiger partial charge in [0, 0.05) is 12.6 Å². The summed E-state index contributed by atoms with van der Waals surface area (Å²) < 4.78 is 65.7. The van der Waals surface area contributed by atoms with Crippen molar-refractivity contribution in [3.8, 4) is 0 Å². The molecule has 2 amide bonds. The number of benzene rings is 2. The Labute approximate surface area is 216 Å². The van der Waals surface area contributed by atoms with E-state index in [0.29, 0.717) is 16.8 Å². The molecule has 0 unspecified atom stereocenters. The van der Waals surface area contributed by atoms with Crippen molar-refractivity contribution < 1.29 is 31.2 Å². The van der Waals surface area contributed by atoms with Crippen LogP contribution in [-0.2, 0) is 32.3 Å². The van der Waals surface area contributed by atoms with Gasteiger partial charge in [0.25, 0.3) is 0 Å². The number of amides is 2. The van der Waals surface area contributed by atoms with Gasteiger partial charge in [-0.1, -0.05) is 49.7 Å². The molecule has 204 valence electrons. The molecule has 0 aliphatic carbocycles. The van der Waals surface area contributed by atoms with Crippen LogP contribution in [0, 0.1) is 6.92 Å². The smallest absolute Gasteiger partial charge is 0.352 e. The zero-order chi connectivity index (χ0) is 28.0. The number of anilines is 1. The molecule has 37 heavy (non-hydrogen) atoms. The number of sulfonamides is 1. The molecule has 0 aromatic heterocycles. The molecule has 0 fully saturated rings. The van der Waals surface area contributed by atoms with Crippen molar-refractivity contribution in [3.05, 3.63) is 65.2 Å². The number of alkyl halides is 3. The largest absolute Gasteiger partial charge is 0.416 e. The first-order valence-corrected chi connectivity index (χ1v) is 13.8.